The molecule has 2 rings (SSSR count). The zero-order valence-corrected chi connectivity index (χ0v) is 23.0. The molecule has 0 saturated heterocycles. The molecule has 40 heavy (non-hydrogen) atoms. The molecule has 4 N–H and O–H groups in total. The molecule has 0 heterocycles. The highest BCUT2D eigenvalue weighted by molar-refractivity contribution is 5.81. The fourth-order valence-electron chi connectivity index (χ4n) is 3.65. The third-order valence-corrected chi connectivity index (χ3v) is 5.91. The number of nitrogens with two attached hydrogens (primary N) is 1. The molecule has 11 heteroatoms. The van der Waals surface area contributed by atoms with Gasteiger partial charge in [-0.3, -0.25) is 9.59 Å². The van der Waals surface area contributed by atoms with E-state index in [1.165, 1.54) is 7.11 Å². The lowest BCUT2D eigenvalue weighted by molar-refractivity contribution is -0.140. The Morgan fingerprint density at radius 1 is 0.800 bits per heavy atom. The minimum Gasteiger partial charge on any atom is -0.469 e. The summed E-state index contributed by atoms with van der Waals surface area (Å²) in [6.45, 7) is 1.60. The van der Waals surface area contributed by atoms with E-state index in [9.17, 15) is 19.2 Å². The number of nitrogens with zero attached hydrogens (tertiary/aromatic N) is 1. The van der Waals surface area contributed by atoms with Gasteiger partial charge in [-0.15, -0.1) is 0 Å². The van der Waals surface area contributed by atoms with E-state index in [1.807, 2.05) is 60.7 Å². The molecule has 1 atom stereocenters. The predicted octanol–water partition coefficient (Wildman–Crippen LogP) is 3.12. The van der Waals surface area contributed by atoms with Gasteiger partial charge in [0, 0.05) is 32.6 Å². The van der Waals surface area contributed by atoms with Crippen LogP contribution in [0.25, 0.3) is 0 Å². The van der Waals surface area contributed by atoms with Gasteiger partial charge in [-0.2, -0.15) is 0 Å². The number of hydrogen-bond donors (Lipinski definition) is 3. The molecule has 218 valence electrons. The first-order valence-corrected chi connectivity index (χ1v) is 13.4. The second kappa shape index (κ2) is 19.0. The summed E-state index contributed by atoms with van der Waals surface area (Å²) in [5, 5.41) is 5.39. The number of amides is 3. The molecule has 2 aromatic carbocycles. The van der Waals surface area contributed by atoms with Gasteiger partial charge in [-0.1, -0.05) is 60.7 Å². The van der Waals surface area contributed by atoms with Gasteiger partial charge >= 0.3 is 18.2 Å². The Labute approximate surface area is 235 Å². The molecule has 0 saturated carbocycles. The SMILES string of the molecule is COC(=O)CCCNC(=O)C(N)CCCN(CCCNC(=O)OCc1ccccc1)C(=O)OCc1ccccc1. The van der Waals surface area contributed by atoms with Crippen LogP contribution >= 0.6 is 0 Å². The summed E-state index contributed by atoms with van der Waals surface area (Å²) in [7, 11) is 1.31. The first-order valence-electron chi connectivity index (χ1n) is 13.4. The van der Waals surface area contributed by atoms with Crippen LogP contribution in [0, 0.1) is 0 Å². The Bertz CT molecular complexity index is 1040. The summed E-state index contributed by atoms with van der Waals surface area (Å²) in [4.78, 5) is 49.7. The van der Waals surface area contributed by atoms with E-state index >= 15 is 0 Å². The number of hydrogen-bond acceptors (Lipinski definition) is 8. The van der Waals surface area contributed by atoms with Gasteiger partial charge in [0.25, 0.3) is 0 Å². The number of ether oxygens (including phenoxy) is 3. The van der Waals surface area contributed by atoms with E-state index in [0.29, 0.717) is 51.9 Å². The van der Waals surface area contributed by atoms with Gasteiger partial charge in [0.1, 0.15) is 13.2 Å². The van der Waals surface area contributed by atoms with Crippen molar-refractivity contribution in [1.82, 2.24) is 15.5 Å². The molecule has 0 bridgehead atoms. The van der Waals surface area contributed by atoms with Crippen molar-refractivity contribution in [1.29, 1.82) is 0 Å². The maximum absolute atomic E-state index is 12.8. The largest absolute Gasteiger partial charge is 0.469 e. The van der Waals surface area contributed by atoms with Crippen LogP contribution in [0.2, 0.25) is 0 Å². The highest BCUT2D eigenvalue weighted by Crippen LogP contribution is 2.07. The van der Waals surface area contributed by atoms with Crippen molar-refractivity contribution in [3.8, 4) is 0 Å². The van der Waals surface area contributed by atoms with E-state index in [-0.39, 0.29) is 31.5 Å². The molecule has 0 aliphatic carbocycles. The van der Waals surface area contributed by atoms with Crippen molar-refractivity contribution in [2.24, 2.45) is 5.73 Å². The number of methoxy groups -OCH3 is 1. The van der Waals surface area contributed by atoms with Crippen LogP contribution in [-0.4, -0.2) is 68.3 Å². The standard InChI is InChI=1S/C29H40N4O7/c1-38-26(34)16-8-17-31-27(35)25(30)15-9-19-33(29(37)40-22-24-13-6-3-7-14-24)20-10-18-32-28(36)39-21-23-11-4-2-5-12-23/h2-7,11-14,25H,8-10,15-22,30H2,1H3,(H,31,35)(H,32,36). The van der Waals surface area contributed by atoms with Crippen LogP contribution in [-0.2, 0) is 37.0 Å². The highest BCUT2D eigenvalue weighted by atomic mass is 16.6. The smallest absolute Gasteiger partial charge is 0.410 e. The van der Waals surface area contributed by atoms with Gasteiger partial charge in [0.05, 0.1) is 13.2 Å². The Hall–Kier alpha value is -4.12. The summed E-state index contributed by atoms with van der Waals surface area (Å²) in [6, 6.07) is 18.0. The van der Waals surface area contributed by atoms with Crippen LogP contribution in [0.1, 0.15) is 43.2 Å². The highest BCUT2D eigenvalue weighted by Gasteiger charge is 2.18. The second-order valence-corrected chi connectivity index (χ2v) is 9.09. The van der Waals surface area contributed by atoms with Gasteiger partial charge in [0.2, 0.25) is 5.91 Å². The molecule has 2 aromatic rings. The summed E-state index contributed by atoms with van der Waals surface area (Å²) in [6.07, 6.45) is 0.959. The molecule has 11 nitrogen and oxygen atoms in total. The Morgan fingerprint density at radius 3 is 2.00 bits per heavy atom. The lowest BCUT2D eigenvalue weighted by atomic mass is 10.1. The van der Waals surface area contributed by atoms with Crippen molar-refractivity contribution in [2.75, 3.05) is 33.3 Å². The van der Waals surface area contributed by atoms with Crippen molar-refractivity contribution >= 4 is 24.1 Å². The fraction of sp³-hybridized carbons (Fsp3) is 0.448. The van der Waals surface area contributed by atoms with Crippen LogP contribution in [0.5, 0.6) is 0 Å². The van der Waals surface area contributed by atoms with E-state index in [2.05, 4.69) is 15.4 Å². The van der Waals surface area contributed by atoms with Gasteiger partial charge < -0.3 is 35.5 Å². The third kappa shape index (κ3) is 13.6. The van der Waals surface area contributed by atoms with E-state index in [4.69, 9.17) is 15.2 Å². The van der Waals surface area contributed by atoms with Crippen molar-refractivity contribution in [3.05, 3.63) is 71.8 Å². The number of alkyl carbamates (subject to hydrolysis) is 1. The average molecular weight is 557 g/mol. The normalized spacial score (nSPS) is 11.2. The van der Waals surface area contributed by atoms with E-state index in [1.54, 1.807) is 4.90 Å². The molecule has 0 aromatic heterocycles. The van der Waals surface area contributed by atoms with Crippen LogP contribution in [0.3, 0.4) is 0 Å². The maximum atomic E-state index is 12.8. The van der Waals surface area contributed by atoms with Crippen molar-refractivity contribution in [2.45, 2.75) is 51.4 Å². The lowest BCUT2D eigenvalue weighted by Crippen LogP contribution is -2.42. The molecule has 1 unspecified atom stereocenters. The number of carbonyl (C=O) groups excluding carboxylic acids is 4. The molecule has 0 aliphatic heterocycles. The lowest BCUT2D eigenvalue weighted by Gasteiger charge is -2.23. The van der Waals surface area contributed by atoms with Gasteiger partial charge in [-0.25, -0.2) is 9.59 Å². The number of esters is 1. The summed E-state index contributed by atoms with van der Waals surface area (Å²) in [5.41, 5.74) is 7.76. The topological polar surface area (TPSA) is 149 Å². The van der Waals surface area contributed by atoms with Gasteiger partial charge in [0.15, 0.2) is 0 Å². The zero-order valence-electron chi connectivity index (χ0n) is 23.0. The van der Waals surface area contributed by atoms with Crippen LogP contribution < -0.4 is 16.4 Å². The third-order valence-electron chi connectivity index (χ3n) is 5.91. The molecule has 0 fully saturated rings. The Kier molecular flexibility index (Phi) is 15.3. The van der Waals surface area contributed by atoms with Crippen LogP contribution in [0.15, 0.2) is 60.7 Å². The second-order valence-electron chi connectivity index (χ2n) is 9.09. The number of nitrogens with one attached hydrogen (secondary N) is 2. The van der Waals surface area contributed by atoms with Crippen molar-refractivity contribution in [3.63, 3.8) is 0 Å². The number of carbonyl (C=O) groups is 4. The van der Waals surface area contributed by atoms with Gasteiger partial charge in [-0.05, 0) is 36.8 Å². The first kappa shape index (κ1) is 32.1. The van der Waals surface area contributed by atoms with E-state index in [0.717, 1.165) is 11.1 Å². The number of rotatable bonds is 17. The Balaban J connectivity index is 1.76. The minimum absolute atomic E-state index is 0.133. The first-order chi connectivity index (χ1) is 19.4. The number of benzene rings is 2. The van der Waals surface area contributed by atoms with Crippen molar-refractivity contribution < 1.29 is 33.4 Å². The van der Waals surface area contributed by atoms with Crippen LogP contribution in [0.4, 0.5) is 9.59 Å². The molecule has 0 spiro atoms. The summed E-state index contributed by atoms with van der Waals surface area (Å²) < 4.78 is 15.3. The predicted molar refractivity (Wildman–Crippen MR) is 149 cm³/mol. The quantitative estimate of drug-likeness (QED) is 0.153. The minimum atomic E-state index is -0.749. The molecule has 0 aliphatic rings. The molecular weight excluding hydrogens is 516 g/mol. The fourth-order valence-corrected chi connectivity index (χ4v) is 3.65. The average Bonchev–Trinajstić information content (AvgIpc) is 2.98. The summed E-state index contributed by atoms with van der Waals surface area (Å²) >= 11 is 0. The zero-order chi connectivity index (χ0) is 29.0. The molecule has 0 radical (unpaired) electrons. The monoisotopic (exact) mass is 556 g/mol. The Morgan fingerprint density at radius 2 is 1.38 bits per heavy atom. The van der Waals surface area contributed by atoms with E-state index < -0.39 is 18.2 Å². The molecule has 3 amide bonds. The molecular formula is C29H40N4O7. The maximum Gasteiger partial charge on any atom is 0.410 e. The summed E-state index contributed by atoms with van der Waals surface area (Å²) in [5.74, 6) is -0.654.